The van der Waals surface area contributed by atoms with Gasteiger partial charge in [0, 0.05) is 18.7 Å². The standard InChI is InChI=1S/C24H32N4O5/c1-15(2)14-28-19-10-9-17(12-21(19)33-23(28)25-3)22(30)26-13-20(29)18(27-24(31)32)11-16-7-5-4-6-8-16/h4-10,12,15,18,20,23,25,27,29H,11,13-14H2,1-3H3,(H,26,30)(H,31,32)/t18-,20-,23?/m0/s1. The van der Waals surface area contributed by atoms with E-state index in [0.717, 1.165) is 17.8 Å². The SMILES string of the molecule is CNC1Oc2cc(C(=O)NC[C@H](O)[C@H](Cc3ccccc3)NC(=O)O)ccc2N1CC(C)C. The Morgan fingerprint density at radius 1 is 1.15 bits per heavy atom. The Labute approximate surface area is 193 Å². The van der Waals surface area contributed by atoms with E-state index in [1.54, 1.807) is 12.1 Å². The van der Waals surface area contributed by atoms with E-state index in [1.807, 2.05) is 43.4 Å². The van der Waals surface area contributed by atoms with Gasteiger partial charge in [0.2, 0.25) is 6.35 Å². The van der Waals surface area contributed by atoms with Crippen LogP contribution in [0.2, 0.25) is 0 Å². The molecule has 9 heteroatoms. The molecule has 0 bridgehead atoms. The number of ether oxygens (including phenoxy) is 1. The third-order valence-corrected chi connectivity index (χ3v) is 5.41. The second kappa shape index (κ2) is 11.0. The van der Waals surface area contributed by atoms with Gasteiger partial charge in [-0.25, -0.2) is 4.79 Å². The number of carbonyl (C=O) groups is 2. The smallest absolute Gasteiger partial charge is 0.404 e. The van der Waals surface area contributed by atoms with Gasteiger partial charge in [0.05, 0.1) is 17.8 Å². The number of nitrogens with one attached hydrogen (secondary N) is 3. The van der Waals surface area contributed by atoms with Crippen molar-refractivity contribution in [2.75, 3.05) is 25.0 Å². The number of amides is 2. The molecule has 0 radical (unpaired) electrons. The quantitative estimate of drug-likeness (QED) is 0.371. The molecule has 0 saturated carbocycles. The lowest BCUT2D eigenvalue weighted by Crippen LogP contribution is -2.49. The predicted octanol–water partition coefficient (Wildman–Crippen LogP) is 2.01. The van der Waals surface area contributed by atoms with E-state index in [1.165, 1.54) is 0 Å². The highest BCUT2D eigenvalue weighted by molar-refractivity contribution is 5.95. The average Bonchev–Trinajstić information content (AvgIpc) is 3.13. The van der Waals surface area contributed by atoms with E-state index < -0.39 is 18.2 Å². The molecule has 0 fully saturated rings. The van der Waals surface area contributed by atoms with Crippen molar-refractivity contribution in [1.29, 1.82) is 0 Å². The first-order valence-electron chi connectivity index (χ1n) is 11.0. The van der Waals surface area contributed by atoms with Gasteiger partial charge in [0.1, 0.15) is 5.75 Å². The van der Waals surface area contributed by atoms with E-state index in [2.05, 4.69) is 34.7 Å². The van der Waals surface area contributed by atoms with Gasteiger partial charge in [0.25, 0.3) is 5.91 Å². The summed E-state index contributed by atoms with van der Waals surface area (Å²) in [5.41, 5.74) is 2.18. The third-order valence-electron chi connectivity index (χ3n) is 5.41. The molecule has 5 N–H and O–H groups in total. The van der Waals surface area contributed by atoms with Crippen LogP contribution in [-0.4, -0.2) is 60.8 Å². The van der Waals surface area contributed by atoms with Gasteiger partial charge >= 0.3 is 6.09 Å². The highest BCUT2D eigenvalue weighted by atomic mass is 16.5. The van der Waals surface area contributed by atoms with Crippen LogP contribution in [0.5, 0.6) is 5.75 Å². The first-order chi connectivity index (χ1) is 15.8. The van der Waals surface area contributed by atoms with Crippen LogP contribution in [0, 0.1) is 5.92 Å². The van der Waals surface area contributed by atoms with Crippen LogP contribution in [0.3, 0.4) is 0 Å². The zero-order valence-corrected chi connectivity index (χ0v) is 19.1. The van der Waals surface area contributed by atoms with Gasteiger partial charge in [-0.1, -0.05) is 44.2 Å². The van der Waals surface area contributed by atoms with Crippen molar-refractivity contribution >= 4 is 17.7 Å². The van der Waals surface area contributed by atoms with Gasteiger partial charge in [-0.2, -0.15) is 0 Å². The molecule has 0 aliphatic carbocycles. The Morgan fingerprint density at radius 3 is 2.52 bits per heavy atom. The number of aliphatic hydroxyl groups is 1. The highest BCUT2D eigenvalue weighted by Gasteiger charge is 2.31. The molecular formula is C24H32N4O5. The summed E-state index contributed by atoms with van der Waals surface area (Å²) in [5, 5.41) is 27.9. The Morgan fingerprint density at radius 2 is 1.88 bits per heavy atom. The first-order valence-corrected chi connectivity index (χ1v) is 11.0. The minimum Gasteiger partial charge on any atom is -0.465 e. The Kier molecular flexibility index (Phi) is 8.13. The summed E-state index contributed by atoms with van der Waals surface area (Å²) in [7, 11) is 1.82. The summed E-state index contributed by atoms with van der Waals surface area (Å²) in [5.74, 6) is 0.665. The first kappa shape index (κ1) is 24.3. The van der Waals surface area contributed by atoms with Crippen molar-refractivity contribution in [2.45, 2.75) is 38.8 Å². The lowest BCUT2D eigenvalue weighted by Gasteiger charge is -2.26. The number of fused-ring (bicyclic) bond motifs is 1. The fourth-order valence-electron chi connectivity index (χ4n) is 3.85. The van der Waals surface area contributed by atoms with Gasteiger partial charge in [-0.3, -0.25) is 10.1 Å². The maximum absolute atomic E-state index is 12.7. The van der Waals surface area contributed by atoms with Crippen LogP contribution in [0.15, 0.2) is 48.5 Å². The Hall–Kier alpha value is -3.30. The summed E-state index contributed by atoms with van der Waals surface area (Å²) in [4.78, 5) is 26.0. The molecule has 0 spiro atoms. The Balaban J connectivity index is 1.64. The maximum Gasteiger partial charge on any atom is 0.404 e. The van der Waals surface area contributed by atoms with Crippen LogP contribution < -0.4 is 25.6 Å². The Bertz CT molecular complexity index is 953. The van der Waals surface area contributed by atoms with Crippen molar-refractivity contribution in [2.24, 2.45) is 5.92 Å². The van der Waals surface area contributed by atoms with Crippen molar-refractivity contribution in [3.63, 3.8) is 0 Å². The highest BCUT2D eigenvalue weighted by Crippen LogP contribution is 2.37. The molecule has 9 nitrogen and oxygen atoms in total. The molecule has 3 rings (SSSR count). The monoisotopic (exact) mass is 456 g/mol. The number of hydrogen-bond donors (Lipinski definition) is 5. The fraction of sp³-hybridized carbons (Fsp3) is 0.417. The molecule has 1 aliphatic rings. The number of benzene rings is 2. The molecule has 1 aliphatic heterocycles. The van der Waals surface area contributed by atoms with Crippen LogP contribution in [0.4, 0.5) is 10.5 Å². The van der Waals surface area contributed by atoms with E-state index in [-0.39, 0.29) is 18.8 Å². The summed E-state index contributed by atoms with van der Waals surface area (Å²) < 4.78 is 5.94. The number of hydrogen-bond acceptors (Lipinski definition) is 6. The molecule has 2 amide bonds. The molecule has 2 aromatic rings. The molecule has 1 heterocycles. The van der Waals surface area contributed by atoms with Crippen LogP contribution >= 0.6 is 0 Å². The van der Waals surface area contributed by atoms with Crippen LogP contribution in [-0.2, 0) is 6.42 Å². The van der Waals surface area contributed by atoms with Crippen LogP contribution in [0.25, 0.3) is 0 Å². The molecule has 1 unspecified atom stereocenters. The molecule has 0 saturated heterocycles. The summed E-state index contributed by atoms with van der Waals surface area (Å²) in [6.45, 7) is 4.95. The lowest BCUT2D eigenvalue weighted by atomic mass is 10.0. The largest absolute Gasteiger partial charge is 0.465 e. The predicted molar refractivity (Wildman–Crippen MR) is 126 cm³/mol. The van der Waals surface area contributed by atoms with E-state index in [9.17, 15) is 14.7 Å². The number of aliphatic hydroxyl groups excluding tert-OH is 1. The van der Waals surface area contributed by atoms with E-state index >= 15 is 0 Å². The van der Waals surface area contributed by atoms with Crippen molar-refractivity contribution < 1.29 is 24.5 Å². The van der Waals surface area contributed by atoms with Crippen LogP contribution in [0.1, 0.15) is 29.8 Å². The van der Waals surface area contributed by atoms with E-state index in [4.69, 9.17) is 9.84 Å². The fourth-order valence-corrected chi connectivity index (χ4v) is 3.85. The number of rotatable bonds is 10. The minimum atomic E-state index is -1.23. The molecule has 2 aromatic carbocycles. The van der Waals surface area contributed by atoms with E-state index in [0.29, 0.717) is 23.7 Å². The van der Waals surface area contributed by atoms with Gasteiger partial charge in [-0.15, -0.1) is 0 Å². The second-order valence-electron chi connectivity index (χ2n) is 8.51. The molecule has 3 atom stereocenters. The summed E-state index contributed by atoms with van der Waals surface area (Å²) >= 11 is 0. The molecule has 178 valence electrons. The number of carbonyl (C=O) groups excluding carboxylic acids is 1. The van der Waals surface area contributed by atoms with Gasteiger partial charge in [-0.05, 0) is 43.1 Å². The molecule has 0 aromatic heterocycles. The number of carboxylic acid groups (broad SMARTS) is 1. The third kappa shape index (κ3) is 6.36. The zero-order chi connectivity index (χ0) is 24.0. The minimum absolute atomic E-state index is 0.104. The summed E-state index contributed by atoms with van der Waals surface area (Å²) in [6, 6.07) is 13.7. The topological polar surface area (TPSA) is 123 Å². The maximum atomic E-state index is 12.7. The number of nitrogens with zero attached hydrogens (tertiary/aromatic N) is 1. The summed E-state index contributed by atoms with van der Waals surface area (Å²) in [6.07, 6.45) is -2.34. The van der Waals surface area contributed by atoms with Crippen molar-refractivity contribution in [3.05, 3.63) is 59.7 Å². The second-order valence-corrected chi connectivity index (χ2v) is 8.51. The van der Waals surface area contributed by atoms with Gasteiger partial charge < -0.3 is 30.5 Å². The molecular weight excluding hydrogens is 424 g/mol. The van der Waals surface area contributed by atoms with Crippen molar-refractivity contribution in [1.82, 2.24) is 16.0 Å². The number of anilines is 1. The van der Waals surface area contributed by atoms with Crippen molar-refractivity contribution in [3.8, 4) is 5.75 Å². The lowest BCUT2D eigenvalue weighted by molar-refractivity contribution is 0.0873. The normalized spacial score (nSPS) is 16.6. The average molecular weight is 457 g/mol. The molecule has 33 heavy (non-hydrogen) atoms. The zero-order valence-electron chi connectivity index (χ0n) is 19.1. The van der Waals surface area contributed by atoms with Gasteiger partial charge in [0.15, 0.2) is 0 Å².